The van der Waals surface area contributed by atoms with Crippen molar-refractivity contribution in [3.63, 3.8) is 0 Å². The van der Waals surface area contributed by atoms with E-state index in [-0.39, 0.29) is 0 Å². The molecule has 2 aromatic heterocycles. The van der Waals surface area contributed by atoms with E-state index in [4.69, 9.17) is 19.7 Å². The van der Waals surface area contributed by atoms with Crippen LogP contribution in [0.1, 0.15) is 42.3 Å². The number of ether oxygens (including phenoxy) is 1. The molecule has 0 atom stereocenters. The number of hydrogen-bond acceptors (Lipinski definition) is 6. The zero-order valence-electron chi connectivity index (χ0n) is 19.1. The molecule has 3 aromatic rings. The maximum Gasteiger partial charge on any atom is 0.165 e. The molecule has 0 saturated carbocycles. The predicted octanol–water partition coefficient (Wildman–Crippen LogP) is 4.36. The van der Waals surface area contributed by atoms with Crippen LogP contribution in [-0.4, -0.2) is 48.1 Å². The van der Waals surface area contributed by atoms with Crippen molar-refractivity contribution in [2.45, 2.75) is 46.5 Å². The fraction of sp³-hybridized carbons (Fsp3) is 0.458. The second kappa shape index (κ2) is 8.96. The first-order valence-corrected chi connectivity index (χ1v) is 10.9. The first kappa shape index (κ1) is 21.2. The Balaban J connectivity index is 1.94. The highest BCUT2D eigenvalue weighted by molar-refractivity contribution is 5.84. The van der Waals surface area contributed by atoms with E-state index in [1.54, 1.807) is 14.2 Å². The van der Waals surface area contributed by atoms with E-state index in [2.05, 4.69) is 47.5 Å². The van der Waals surface area contributed by atoms with Crippen molar-refractivity contribution in [3.05, 3.63) is 40.7 Å². The van der Waals surface area contributed by atoms with Gasteiger partial charge in [0, 0.05) is 23.4 Å². The Morgan fingerprint density at radius 3 is 2.77 bits per heavy atom. The molecule has 0 amide bonds. The molecule has 7 nitrogen and oxygen atoms in total. The Morgan fingerprint density at radius 1 is 1.23 bits per heavy atom. The minimum Gasteiger partial charge on any atom is -0.497 e. The van der Waals surface area contributed by atoms with Gasteiger partial charge in [-0.15, -0.1) is 0 Å². The Labute approximate surface area is 183 Å². The van der Waals surface area contributed by atoms with E-state index in [0.717, 1.165) is 71.8 Å². The number of aromatic nitrogens is 3. The summed E-state index contributed by atoms with van der Waals surface area (Å²) >= 11 is 0. The van der Waals surface area contributed by atoms with Crippen LogP contribution >= 0.6 is 0 Å². The highest BCUT2D eigenvalue weighted by atomic mass is 16.6. The number of oxime groups is 1. The summed E-state index contributed by atoms with van der Waals surface area (Å²) in [6, 6.07) is 6.18. The molecule has 31 heavy (non-hydrogen) atoms. The van der Waals surface area contributed by atoms with E-state index in [1.165, 1.54) is 11.3 Å². The van der Waals surface area contributed by atoms with Crippen molar-refractivity contribution < 1.29 is 9.57 Å². The molecule has 0 N–H and O–H groups in total. The van der Waals surface area contributed by atoms with Crippen LogP contribution in [0.2, 0.25) is 0 Å². The number of rotatable bonds is 8. The number of fused-ring (bicyclic) bond motifs is 2. The van der Waals surface area contributed by atoms with Crippen LogP contribution in [0.15, 0.2) is 23.4 Å². The number of nitrogens with zero attached hydrogens (tertiary/aromatic N) is 5. The maximum absolute atomic E-state index is 5.40. The molecule has 0 unspecified atom stereocenters. The fourth-order valence-electron chi connectivity index (χ4n) is 4.56. The molecule has 1 aliphatic rings. The van der Waals surface area contributed by atoms with E-state index >= 15 is 0 Å². The van der Waals surface area contributed by atoms with Crippen LogP contribution in [-0.2, 0) is 17.7 Å². The van der Waals surface area contributed by atoms with Crippen LogP contribution in [0.5, 0.6) is 5.75 Å². The molecule has 0 radical (unpaired) electrons. The SMILES string of the molecule is CCCN(CC=NOC)c1c2c(nc3c(-c4ccc(OC)cc4C)c(C)nn13)CCC2. The van der Waals surface area contributed by atoms with Gasteiger partial charge >= 0.3 is 0 Å². The quantitative estimate of drug-likeness (QED) is 0.399. The fourth-order valence-corrected chi connectivity index (χ4v) is 4.56. The molecular weight excluding hydrogens is 390 g/mol. The first-order chi connectivity index (χ1) is 15.1. The van der Waals surface area contributed by atoms with Gasteiger partial charge in [0.05, 0.1) is 25.6 Å². The zero-order chi connectivity index (χ0) is 22.0. The summed E-state index contributed by atoms with van der Waals surface area (Å²) in [5.74, 6) is 2.00. The van der Waals surface area contributed by atoms with Gasteiger partial charge in [-0.05, 0) is 62.8 Å². The monoisotopic (exact) mass is 421 g/mol. The molecule has 4 rings (SSSR count). The smallest absolute Gasteiger partial charge is 0.165 e. The highest BCUT2D eigenvalue weighted by Crippen LogP contribution is 2.37. The Morgan fingerprint density at radius 2 is 2.06 bits per heavy atom. The Bertz CT molecular complexity index is 1120. The molecule has 2 heterocycles. The van der Waals surface area contributed by atoms with Crippen LogP contribution in [0, 0.1) is 13.8 Å². The summed E-state index contributed by atoms with van der Waals surface area (Å²) in [6.07, 6.45) is 6.02. The third kappa shape index (κ3) is 3.84. The second-order valence-electron chi connectivity index (χ2n) is 8.01. The van der Waals surface area contributed by atoms with Gasteiger partial charge in [0.25, 0.3) is 0 Å². The van der Waals surface area contributed by atoms with Gasteiger partial charge in [-0.25, -0.2) is 4.98 Å². The molecule has 1 aliphatic carbocycles. The summed E-state index contributed by atoms with van der Waals surface area (Å²) in [6.45, 7) is 7.96. The average Bonchev–Trinajstić information content (AvgIpc) is 3.35. The van der Waals surface area contributed by atoms with Crippen molar-refractivity contribution >= 4 is 17.7 Å². The lowest BCUT2D eigenvalue weighted by Gasteiger charge is -2.25. The minimum atomic E-state index is 0.670. The normalized spacial score (nSPS) is 13.2. The minimum absolute atomic E-state index is 0.670. The molecule has 0 saturated heterocycles. The molecule has 0 bridgehead atoms. The third-order valence-corrected chi connectivity index (χ3v) is 5.91. The lowest BCUT2D eigenvalue weighted by atomic mass is 10.0. The molecule has 164 valence electrons. The number of hydrogen-bond donors (Lipinski definition) is 0. The number of methoxy groups -OCH3 is 1. The van der Waals surface area contributed by atoms with Gasteiger partial charge in [-0.3, -0.25) is 0 Å². The van der Waals surface area contributed by atoms with Crippen molar-refractivity contribution in [1.82, 2.24) is 14.6 Å². The van der Waals surface area contributed by atoms with Crippen molar-refractivity contribution in [1.29, 1.82) is 0 Å². The first-order valence-electron chi connectivity index (χ1n) is 10.9. The van der Waals surface area contributed by atoms with Crippen LogP contribution in [0.25, 0.3) is 16.8 Å². The summed E-state index contributed by atoms with van der Waals surface area (Å²) in [4.78, 5) is 12.4. The summed E-state index contributed by atoms with van der Waals surface area (Å²) < 4.78 is 7.45. The lowest BCUT2D eigenvalue weighted by Crippen LogP contribution is -2.30. The van der Waals surface area contributed by atoms with E-state index in [1.807, 2.05) is 12.3 Å². The summed E-state index contributed by atoms with van der Waals surface area (Å²) in [7, 11) is 3.27. The molecular formula is C24H31N5O2. The van der Waals surface area contributed by atoms with E-state index in [0.29, 0.717) is 6.54 Å². The molecule has 1 aromatic carbocycles. The van der Waals surface area contributed by atoms with Gasteiger partial charge in [0.1, 0.15) is 18.7 Å². The van der Waals surface area contributed by atoms with E-state index < -0.39 is 0 Å². The lowest BCUT2D eigenvalue weighted by molar-refractivity contribution is 0.215. The zero-order valence-corrected chi connectivity index (χ0v) is 19.1. The van der Waals surface area contributed by atoms with Crippen molar-refractivity contribution in [3.8, 4) is 16.9 Å². The van der Waals surface area contributed by atoms with Crippen LogP contribution in [0.3, 0.4) is 0 Å². The van der Waals surface area contributed by atoms with Crippen LogP contribution < -0.4 is 9.64 Å². The number of anilines is 1. The standard InChI is InChI=1S/C24H31N5O2/c1-6-13-28(14-12-25-31-5)24-20-8-7-9-21(20)26-23-22(17(3)27-29(23)24)19-11-10-18(30-4)15-16(19)2/h10-12,15H,6-9,13-14H2,1-5H3. The Kier molecular flexibility index (Phi) is 6.11. The topological polar surface area (TPSA) is 64.2 Å². The van der Waals surface area contributed by atoms with Gasteiger partial charge in [-0.1, -0.05) is 18.1 Å². The summed E-state index contributed by atoms with van der Waals surface area (Å²) in [5.41, 5.74) is 7.80. The van der Waals surface area contributed by atoms with Gasteiger partial charge < -0.3 is 14.5 Å². The largest absolute Gasteiger partial charge is 0.497 e. The molecule has 7 heteroatoms. The van der Waals surface area contributed by atoms with E-state index in [9.17, 15) is 0 Å². The van der Waals surface area contributed by atoms with Gasteiger partial charge in [0.2, 0.25) is 0 Å². The Hall–Kier alpha value is -3.09. The highest BCUT2D eigenvalue weighted by Gasteiger charge is 2.27. The number of aryl methyl sites for hydroxylation is 3. The summed E-state index contributed by atoms with van der Waals surface area (Å²) in [5, 5.41) is 8.95. The second-order valence-corrected chi connectivity index (χ2v) is 8.01. The maximum atomic E-state index is 5.40. The average molecular weight is 422 g/mol. The third-order valence-electron chi connectivity index (χ3n) is 5.91. The van der Waals surface area contributed by atoms with Gasteiger partial charge in [-0.2, -0.15) is 9.61 Å². The predicted molar refractivity (Wildman–Crippen MR) is 124 cm³/mol. The molecule has 0 aliphatic heterocycles. The molecule has 0 fully saturated rings. The number of benzene rings is 1. The van der Waals surface area contributed by atoms with Crippen LogP contribution in [0.4, 0.5) is 5.82 Å². The van der Waals surface area contributed by atoms with Gasteiger partial charge in [0.15, 0.2) is 5.65 Å². The molecule has 0 spiro atoms. The van der Waals surface area contributed by atoms with Crippen molar-refractivity contribution in [2.75, 3.05) is 32.2 Å². The van der Waals surface area contributed by atoms with Crippen molar-refractivity contribution in [2.24, 2.45) is 5.16 Å².